The van der Waals surface area contributed by atoms with Gasteiger partial charge in [-0.05, 0) is 24.1 Å². The summed E-state index contributed by atoms with van der Waals surface area (Å²) in [5.41, 5.74) is -0.597. The molecule has 1 aliphatic rings. The van der Waals surface area contributed by atoms with E-state index in [2.05, 4.69) is 26.6 Å². The molecule has 8 heteroatoms. The van der Waals surface area contributed by atoms with Crippen molar-refractivity contribution in [3.63, 3.8) is 0 Å². The van der Waals surface area contributed by atoms with Crippen molar-refractivity contribution in [2.45, 2.75) is 25.6 Å². The maximum absolute atomic E-state index is 13.0. The summed E-state index contributed by atoms with van der Waals surface area (Å²) in [7, 11) is 0. The summed E-state index contributed by atoms with van der Waals surface area (Å²) in [6, 6.07) is 3.96. The van der Waals surface area contributed by atoms with Crippen LogP contribution in [0.2, 0.25) is 0 Å². The van der Waals surface area contributed by atoms with E-state index < -0.39 is 17.7 Å². The summed E-state index contributed by atoms with van der Waals surface area (Å²) in [6.45, 7) is 0.228. The fourth-order valence-corrected chi connectivity index (χ4v) is 2.64. The number of halogens is 4. The Morgan fingerprint density at radius 3 is 2.68 bits per heavy atom. The van der Waals surface area contributed by atoms with Crippen molar-refractivity contribution in [2.75, 3.05) is 6.54 Å². The Balaban J connectivity index is 1.97. The molecule has 1 heterocycles. The summed E-state index contributed by atoms with van der Waals surface area (Å²) in [6.07, 6.45) is -3.77. The minimum absolute atomic E-state index is 0.000149. The highest BCUT2D eigenvalue weighted by Gasteiger charge is 2.33. The second-order valence-corrected chi connectivity index (χ2v) is 5.99. The lowest BCUT2D eigenvalue weighted by Crippen LogP contribution is -2.44. The molecule has 0 radical (unpaired) electrons. The molecule has 22 heavy (non-hydrogen) atoms. The minimum atomic E-state index is -4.44. The van der Waals surface area contributed by atoms with Crippen LogP contribution in [-0.4, -0.2) is 18.4 Å². The maximum Gasteiger partial charge on any atom is 0.416 e. The summed E-state index contributed by atoms with van der Waals surface area (Å²) >= 11 is 3.03. The number of hydrogen-bond donors (Lipinski definition) is 2. The summed E-state index contributed by atoms with van der Waals surface area (Å²) in [5, 5.41) is 5.08. The lowest BCUT2D eigenvalue weighted by molar-refractivity contribution is -0.139. The Morgan fingerprint density at radius 1 is 1.32 bits per heavy atom. The van der Waals surface area contributed by atoms with Crippen LogP contribution >= 0.6 is 15.9 Å². The Hall–Kier alpha value is -1.41. The summed E-state index contributed by atoms with van der Waals surface area (Å²) in [4.78, 5) is 22.6. The predicted molar refractivity (Wildman–Crippen MR) is 76.7 cm³/mol. The molecule has 1 unspecified atom stereocenters. The van der Waals surface area contributed by atoms with Crippen LogP contribution in [0.15, 0.2) is 22.7 Å². The van der Waals surface area contributed by atoms with Crippen LogP contribution < -0.4 is 10.6 Å². The lowest BCUT2D eigenvalue weighted by atomic mass is 9.98. The van der Waals surface area contributed by atoms with Crippen molar-refractivity contribution in [3.8, 4) is 0 Å². The summed E-state index contributed by atoms with van der Waals surface area (Å²) in [5.74, 6) is -1.09. The van der Waals surface area contributed by atoms with E-state index in [0.717, 1.165) is 6.07 Å². The molecule has 120 valence electrons. The second-order valence-electron chi connectivity index (χ2n) is 5.08. The minimum Gasteiger partial charge on any atom is -0.312 e. The quantitative estimate of drug-likeness (QED) is 0.791. The van der Waals surface area contributed by atoms with Crippen LogP contribution in [0.1, 0.15) is 24.0 Å². The highest BCUT2D eigenvalue weighted by Crippen LogP contribution is 2.33. The van der Waals surface area contributed by atoms with Crippen molar-refractivity contribution in [3.05, 3.63) is 33.8 Å². The Labute approximate surface area is 133 Å². The molecule has 0 bridgehead atoms. The average Bonchev–Trinajstić information content (AvgIpc) is 2.41. The number of carbonyl (C=O) groups is 2. The molecular weight excluding hydrogens is 365 g/mol. The number of carbonyl (C=O) groups excluding carboxylic acids is 2. The van der Waals surface area contributed by atoms with E-state index in [1.807, 2.05) is 0 Å². The average molecular weight is 379 g/mol. The molecule has 1 aromatic rings. The number of benzene rings is 1. The smallest absolute Gasteiger partial charge is 0.312 e. The molecule has 1 aromatic carbocycles. The van der Waals surface area contributed by atoms with Crippen molar-refractivity contribution in [2.24, 2.45) is 5.92 Å². The van der Waals surface area contributed by atoms with E-state index in [0.29, 0.717) is 10.9 Å². The Morgan fingerprint density at radius 2 is 2.05 bits per heavy atom. The van der Waals surface area contributed by atoms with Gasteiger partial charge in [-0.15, -0.1) is 0 Å². The van der Waals surface area contributed by atoms with Gasteiger partial charge in [-0.3, -0.25) is 14.9 Å². The molecule has 1 fully saturated rings. The third-order valence-corrected chi connectivity index (χ3v) is 3.93. The SMILES string of the molecule is O=C1CCC(CNCc2ccc(Br)cc2C(F)(F)F)C(=O)N1. The van der Waals surface area contributed by atoms with E-state index >= 15 is 0 Å². The third-order valence-electron chi connectivity index (χ3n) is 3.44. The van der Waals surface area contributed by atoms with Crippen molar-refractivity contribution in [1.82, 2.24) is 10.6 Å². The van der Waals surface area contributed by atoms with Gasteiger partial charge in [0.25, 0.3) is 0 Å². The molecule has 0 aromatic heterocycles. The summed E-state index contributed by atoms with van der Waals surface area (Å²) < 4.78 is 39.3. The number of amides is 2. The van der Waals surface area contributed by atoms with E-state index in [1.54, 1.807) is 0 Å². The topological polar surface area (TPSA) is 58.2 Å². The molecule has 0 saturated carbocycles. The standard InChI is InChI=1S/C14H14BrF3N2O2/c15-10-3-1-8(11(5-10)14(16,17)18)6-19-7-9-2-4-12(21)20-13(9)22/h1,3,5,9,19H,2,4,6-7H2,(H,20,21,22). The van der Waals surface area contributed by atoms with Crippen molar-refractivity contribution < 1.29 is 22.8 Å². The van der Waals surface area contributed by atoms with Crippen LogP contribution in [-0.2, 0) is 22.3 Å². The third kappa shape index (κ3) is 4.30. The van der Waals surface area contributed by atoms with Gasteiger partial charge in [-0.25, -0.2) is 0 Å². The number of rotatable bonds is 4. The van der Waals surface area contributed by atoms with Crippen LogP contribution in [0.25, 0.3) is 0 Å². The van der Waals surface area contributed by atoms with Gasteiger partial charge in [0, 0.05) is 24.0 Å². The Kier molecular flexibility index (Phi) is 5.23. The maximum atomic E-state index is 13.0. The van der Waals surface area contributed by atoms with Crippen LogP contribution in [0.4, 0.5) is 13.2 Å². The number of piperidine rings is 1. The van der Waals surface area contributed by atoms with E-state index in [9.17, 15) is 22.8 Å². The highest BCUT2D eigenvalue weighted by atomic mass is 79.9. The van der Waals surface area contributed by atoms with Gasteiger partial charge >= 0.3 is 6.18 Å². The first-order valence-electron chi connectivity index (χ1n) is 6.67. The molecule has 2 amide bonds. The monoisotopic (exact) mass is 378 g/mol. The van der Waals surface area contributed by atoms with Crippen LogP contribution in [0, 0.1) is 5.92 Å². The van der Waals surface area contributed by atoms with Gasteiger partial charge < -0.3 is 5.32 Å². The van der Waals surface area contributed by atoms with Gasteiger partial charge in [-0.2, -0.15) is 13.2 Å². The highest BCUT2D eigenvalue weighted by molar-refractivity contribution is 9.10. The van der Waals surface area contributed by atoms with Gasteiger partial charge in [0.05, 0.1) is 11.5 Å². The number of imide groups is 1. The Bertz CT molecular complexity index is 590. The zero-order chi connectivity index (χ0) is 16.3. The number of alkyl halides is 3. The predicted octanol–water partition coefficient (Wildman–Crippen LogP) is 2.61. The normalized spacial score (nSPS) is 19.2. The number of hydrogen-bond acceptors (Lipinski definition) is 3. The first-order chi connectivity index (χ1) is 10.3. The molecule has 1 saturated heterocycles. The fourth-order valence-electron chi connectivity index (χ4n) is 2.28. The second kappa shape index (κ2) is 6.78. The zero-order valence-corrected chi connectivity index (χ0v) is 13.1. The van der Waals surface area contributed by atoms with Crippen molar-refractivity contribution >= 4 is 27.7 Å². The van der Waals surface area contributed by atoms with Gasteiger partial charge in [0.2, 0.25) is 11.8 Å². The first-order valence-corrected chi connectivity index (χ1v) is 7.46. The molecule has 4 nitrogen and oxygen atoms in total. The van der Waals surface area contributed by atoms with Gasteiger partial charge in [-0.1, -0.05) is 22.0 Å². The van der Waals surface area contributed by atoms with E-state index in [4.69, 9.17) is 0 Å². The largest absolute Gasteiger partial charge is 0.416 e. The van der Waals surface area contributed by atoms with Crippen LogP contribution in [0.5, 0.6) is 0 Å². The molecule has 1 aliphatic heterocycles. The molecule has 2 N–H and O–H groups in total. The molecular formula is C14H14BrF3N2O2. The molecule has 1 atom stereocenters. The van der Waals surface area contributed by atoms with Crippen molar-refractivity contribution in [1.29, 1.82) is 0 Å². The van der Waals surface area contributed by atoms with Gasteiger partial charge in [0.1, 0.15) is 0 Å². The van der Waals surface area contributed by atoms with Gasteiger partial charge in [0.15, 0.2) is 0 Å². The number of nitrogens with one attached hydrogen (secondary N) is 2. The first kappa shape index (κ1) is 17.0. The fraction of sp³-hybridized carbons (Fsp3) is 0.429. The van der Waals surface area contributed by atoms with E-state index in [-0.39, 0.29) is 36.9 Å². The molecule has 2 rings (SSSR count). The zero-order valence-electron chi connectivity index (χ0n) is 11.5. The molecule has 0 aliphatic carbocycles. The van der Waals surface area contributed by atoms with E-state index in [1.165, 1.54) is 12.1 Å². The molecule has 0 spiro atoms. The van der Waals surface area contributed by atoms with Crippen LogP contribution in [0.3, 0.4) is 0 Å². The lowest BCUT2D eigenvalue weighted by Gasteiger charge is -2.21.